The van der Waals surface area contributed by atoms with Crippen molar-refractivity contribution < 1.29 is 18.3 Å². The lowest BCUT2D eigenvalue weighted by atomic mass is 10.0. The minimum Gasteiger partial charge on any atom is -0.487 e. The third-order valence-corrected chi connectivity index (χ3v) is 8.37. The van der Waals surface area contributed by atoms with E-state index in [4.69, 9.17) is 4.74 Å². The summed E-state index contributed by atoms with van der Waals surface area (Å²) in [4.78, 5) is 10.4. The molecule has 3 atom stereocenters. The Hall–Kier alpha value is -2.85. The van der Waals surface area contributed by atoms with Crippen LogP contribution in [0.4, 0.5) is 0 Å². The standard InChI is InChI=1S/C26H32N4O4S/c1-19-14-30(20(2)17-31)35(32,33)26-10-9-22(23-12-27-18-28-13-23)11-24(26)34-25(19)16-29(3)15-21-7-5-4-6-8-21/h4-13,18-20,25,31H,14-17H2,1-3H3/t19-,20-,25+/m0/s1. The molecule has 0 bridgehead atoms. The van der Waals surface area contributed by atoms with Gasteiger partial charge in [-0.05, 0) is 37.2 Å². The van der Waals surface area contributed by atoms with Crippen LogP contribution in [0, 0.1) is 5.92 Å². The molecule has 3 aromatic rings. The average Bonchev–Trinajstić information content (AvgIpc) is 2.86. The molecule has 0 unspecified atom stereocenters. The number of aromatic nitrogens is 2. The lowest BCUT2D eigenvalue weighted by Gasteiger charge is -2.37. The fraction of sp³-hybridized carbons (Fsp3) is 0.385. The Labute approximate surface area is 207 Å². The molecule has 0 aliphatic carbocycles. The normalized spacial score (nSPS) is 20.9. The first-order valence-electron chi connectivity index (χ1n) is 11.7. The van der Waals surface area contributed by atoms with Gasteiger partial charge in [-0.3, -0.25) is 4.90 Å². The fourth-order valence-electron chi connectivity index (χ4n) is 4.34. The molecule has 35 heavy (non-hydrogen) atoms. The number of nitrogens with zero attached hydrogens (tertiary/aromatic N) is 4. The highest BCUT2D eigenvalue weighted by Gasteiger charge is 2.38. The Morgan fingerprint density at radius 3 is 2.54 bits per heavy atom. The second-order valence-corrected chi connectivity index (χ2v) is 11.1. The Kier molecular flexibility index (Phi) is 7.81. The highest BCUT2D eigenvalue weighted by atomic mass is 32.2. The van der Waals surface area contributed by atoms with Crippen molar-refractivity contribution >= 4 is 10.0 Å². The summed E-state index contributed by atoms with van der Waals surface area (Å²) in [5.74, 6) is 0.181. The van der Waals surface area contributed by atoms with Gasteiger partial charge in [0.05, 0.1) is 6.61 Å². The number of aliphatic hydroxyl groups is 1. The molecule has 4 rings (SSSR count). The number of likely N-dealkylation sites (N-methyl/N-ethyl adjacent to an activating group) is 1. The van der Waals surface area contributed by atoms with Gasteiger partial charge in [0.1, 0.15) is 23.1 Å². The first kappa shape index (κ1) is 25.2. The van der Waals surface area contributed by atoms with Gasteiger partial charge < -0.3 is 9.84 Å². The second-order valence-electron chi connectivity index (χ2n) is 9.21. The summed E-state index contributed by atoms with van der Waals surface area (Å²) < 4.78 is 35.1. The van der Waals surface area contributed by atoms with Crippen molar-refractivity contribution in [2.45, 2.75) is 37.4 Å². The van der Waals surface area contributed by atoms with Gasteiger partial charge >= 0.3 is 0 Å². The summed E-state index contributed by atoms with van der Waals surface area (Å²) in [6, 6.07) is 14.7. The van der Waals surface area contributed by atoms with E-state index in [2.05, 4.69) is 27.0 Å². The van der Waals surface area contributed by atoms with Crippen LogP contribution in [-0.4, -0.2) is 71.6 Å². The van der Waals surface area contributed by atoms with Crippen LogP contribution in [0.5, 0.6) is 5.75 Å². The van der Waals surface area contributed by atoms with Gasteiger partial charge in [0, 0.05) is 49.6 Å². The summed E-state index contributed by atoms with van der Waals surface area (Å²) in [5.41, 5.74) is 2.73. The maximum Gasteiger partial charge on any atom is 0.247 e. The zero-order valence-corrected chi connectivity index (χ0v) is 21.1. The van der Waals surface area contributed by atoms with Gasteiger partial charge in [0.15, 0.2) is 0 Å². The number of hydrogen-bond acceptors (Lipinski definition) is 7. The van der Waals surface area contributed by atoms with Crippen molar-refractivity contribution in [2.75, 3.05) is 26.7 Å². The first-order chi connectivity index (χ1) is 16.8. The SMILES string of the molecule is C[C@H]1CN([C@@H](C)CO)S(=O)(=O)c2ccc(-c3cncnc3)cc2O[C@@H]1CN(C)Cc1ccccc1. The molecule has 8 nitrogen and oxygen atoms in total. The molecule has 186 valence electrons. The summed E-state index contributed by atoms with van der Waals surface area (Å²) in [5, 5.41) is 9.82. The molecule has 1 N–H and O–H groups in total. The Morgan fingerprint density at radius 2 is 1.86 bits per heavy atom. The van der Waals surface area contributed by atoms with Gasteiger partial charge in [-0.2, -0.15) is 4.31 Å². The largest absolute Gasteiger partial charge is 0.487 e. The molecule has 0 fully saturated rings. The van der Waals surface area contributed by atoms with Crippen molar-refractivity contribution in [3.63, 3.8) is 0 Å². The molecule has 0 saturated heterocycles. The zero-order chi connectivity index (χ0) is 25.0. The average molecular weight is 497 g/mol. The van der Waals surface area contributed by atoms with Crippen LogP contribution in [0.25, 0.3) is 11.1 Å². The lowest BCUT2D eigenvalue weighted by molar-refractivity contribution is 0.0734. The molecule has 1 aliphatic heterocycles. The molecule has 0 amide bonds. The number of ether oxygens (including phenoxy) is 1. The molecule has 1 aromatic heterocycles. The van der Waals surface area contributed by atoms with Gasteiger partial charge in [0.25, 0.3) is 0 Å². The fourth-order valence-corrected chi connectivity index (χ4v) is 6.16. The van der Waals surface area contributed by atoms with Crippen LogP contribution in [0.3, 0.4) is 0 Å². The molecule has 0 saturated carbocycles. The van der Waals surface area contributed by atoms with Crippen LogP contribution >= 0.6 is 0 Å². The summed E-state index contributed by atoms with van der Waals surface area (Å²) in [6.45, 7) is 5.06. The van der Waals surface area contributed by atoms with Gasteiger partial charge in [-0.1, -0.05) is 43.3 Å². The van der Waals surface area contributed by atoms with E-state index in [0.717, 1.165) is 17.7 Å². The molecule has 0 spiro atoms. The smallest absolute Gasteiger partial charge is 0.247 e. The third-order valence-electron chi connectivity index (χ3n) is 6.35. The summed E-state index contributed by atoms with van der Waals surface area (Å²) in [6.07, 6.45) is 4.54. The predicted octanol–water partition coefficient (Wildman–Crippen LogP) is 3.04. The third kappa shape index (κ3) is 5.70. The van der Waals surface area contributed by atoms with Crippen LogP contribution in [0.15, 0.2) is 72.1 Å². The van der Waals surface area contributed by atoms with E-state index in [1.54, 1.807) is 37.5 Å². The van der Waals surface area contributed by atoms with Crippen molar-refractivity contribution in [3.05, 3.63) is 72.8 Å². The van der Waals surface area contributed by atoms with E-state index in [0.29, 0.717) is 12.3 Å². The van der Waals surface area contributed by atoms with Gasteiger partial charge in [0.2, 0.25) is 10.0 Å². The van der Waals surface area contributed by atoms with E-state index in [1.807, 2.05) is 32.2 Å². The van der Waals surface area contributed by atoms with Crippen molar-refractivity contribution in [2.24, 2.45) is 5.92 Å². The number of hydrogen-bond donors (Lipinski definition) is 1. The molecule has 9 heteroatoms. The predicted molar refractivity (Wildman–Crippen MR) is 134 cm³/mol. The van der Waals surface area contributed by atoms with Crippen molar-refractivity contribution in [3.8, 4) is 16.9 Å². The summed E-state index contributed by atoms with van der Waals surface area (Å²) >= 11 is 0. The molecule has 2 aromatic carbocycles. The van der Waals surface area contributed by atoms with Crippen LogP contribution in [0.1, 0.15) is 19.4 Å². The maximum absolute atomic E-state index is 13.6. The van der Waals surface area contributed by atoms with Gasteiger partial charge in [-0.15, -0.1) is 0 Å². The number of sulfonamides is 1. The molecular weight excluding hydrogens is 464 g/mol. The first-order valence-corrected chi connectivity index (χ1v) is 13.1. The highest BCUT2D eigenvalue weighted by Crippen LogP contribution is 2.36. The molecule has 1 aliphatic rings. The van der Waals surface area contributed by atoms with Crippen molar-refractivity contribution in [1.82, 2.24) is 19.2 Å². The Bertz CT molecular complexity index is 1220. The number of rotatable bonds is 7. The van der Waals surface area contributed by atoms with Crippen LogP contribution < -0.4 is 4.74 Å². The van der Waals surface area contributed by atoms with Crippen molar-refractivity contribution in [1.29, 1.82) is 0 Å². The molecular formula is C26H32N4O4S. The van der Waals surface area contributed by atoms with E-state index < -0.39 is 16.1 Å². The monoisotopic (exact) mass is 496 g/mol. The zero-order valence-electron chi connectivity index (χ0n) is 20.3. The van der Waals surface area contributed by atoms with E-state index >= 15 is 0 Å². The van der Waals surface area contributed by atoms with Crippen LogP contribution in [0.2, 0.25) is 0 Å². The molecule has 0 radical (unpaired) electrons. The number of benzene rings is 2. The lowest BCUT2D eigenvalue weighted by Crippen LogP contribution is -2.49. The Balaban J connectivity index is 1.72. The van der Waals surface area contributed by atoms with Gasteiger partial charge in [-0.25, -0.2) is 18.4 Å². The number of aliphatic hydroxyl groups excluding tert-OH is 1. The highest BCUT2D eigenvalue weighted by molar-refractivity contribution is 7.89. The minimum atomic E-state index is -3.88. The van der Waals surface area contributed by atoms with Crippen LogP contribution in [-0.2, 0) is 16.6 Å². The Morgan fingerprint density at radius 1 is 1.14 bits per heavy atom. The van der Waals surface area contributed by atoms with E-state index in [-0.39, 0.29) is 30.1 Å². The topological polar surface area (TPSA) is 95.9 Å². The summed E-state index contributed by atoms with van der Waals surface area (Å²) in [7, 11) is -1.85. The maximum atomic E-state index is 13.6. The van der Waals surface area contributed by atoms with E-state index in [9.17, 15) is 13.5 Å². The van der Waals surface area contributed by atoms with E-state index in [1.165, 1.54) is 16.2 Å². The number of fused-ring (bicyclic) bond motifs is 1. The quantitative estimate of drug-likeness (QED) is 0.537. The second kappa shape index (κ2) is 10.8. The minimum absolute atomic E-state index is 0.0982. The molecule has 2 heterocycles.